The van der Waals surface area contributed by atoms with E-state index in [1.165, 1.54) is 0 Å². The molecule has 1 saturated heterocycles. The first-order valence-electron chi connectivity index (χ1n) is 8.91. The number of ether oxygens (including phenoxy) is 2. The Morgan fingerprint density at radius 2 is 2.11 bits per heavy atom. The van der Waals surface area contributed by atoms with Gasteiger partial charge < -0.3 is 19.7 Å². The summed E-state index contributed by atoms with van der Waals surface area (Å²) in [6.07, 6.45) is -4.60. The van der Waals surface area contributed by atoms with Crippen molar-refractivity contribution in [2.45, 2.75) is 58.2 Å². The number of nitrogens with zero attached hydrogens (tertiary/aromatic N) is 2. The Balaban J connectivity index is 1.96. The second kappa shape index (κ2) is 8.84. The van der Waals surface area contributed by atoms with Crippen LogP contribution in [0.1, 0.15) is 38.8 Å². The number of aromatic nitrogens is 1. The van der Waals surface area contributed by atoms with Gasteiger partial charge in [0.15, 0.2) is 0 Å². The molecule has 0 spiro atoms. The van der Waals surface area contributed by atoms with Gasteiger partial charge in [0.05, 0.1) is 24.3 Å². The Hall–Kier alpha value is -1.58. The summed E-state index contributed by atoms with van der Waals surface area (Å²) in [5.41, 5.74) is -1.31. The van der Waals surface area contributed by atoms with Gasteiger partial charge in [-0.25, -0.2) is 9.78 Å². The molecule has 1 fully saturated rings. The van der Waals surface area contributed by atoms with Crippen molar-refractivity contribution in [3.63, 3.8) is 0 Å². The van der Waals surface area contributed by atoms with Crippen LogP contribution in [0, 0.1) is 0 Å². The van der Waals surface area contributed by atoms with Crippen molar-refractivity contribution in [2.24, 2.45) is 0 Å². The van der Waals surface area contributed by atoms with Crippen LogP contribution in [0.5, 0.6) is 0 Å². The largest absolute Gasteiger partial charge is 0.444 e. The van der Waals surface area contributed by atoms with E-state index in [0.717, 1.165) is 6.07 Å². The van der Waals surface area contributed by atoms with Crippen LogP contribution >= 0.6 is 11.6 Å². The number of alkyl halides is 3. The SMILES string of the molecule is C[C@@H](OCc1cc(C(F)(F)F)cnc1Cl)[C@H]1CN(C(=O)OC(C)(C)C)CCN1. The molecule has 0 aliphatic carbocycles. The van der Waals surface area contributed by atoms with Crippen LogP contribution < -0.4 is 5.32 Å². The first kappa shape index (κ1) is 22.7. The molecule has 2 atom stereocenters. The Labute approximate surface area is 167 Å². The quantitative estimate of drug-likeness (QED) is 0.745. The third-order valence-corrected chi connectivity index (χ3v) is 4.50. The van der Waals surface area contributed by atoms with Gasteiger partial charge in [-0.3, -0.25) is 0 Å². The van der Waals surface area contributed by atoms with Crippen LogP contribution in [0.4, 0.5) is 18.0 Å². The molecule has 0 aromatic carbocycles. The highest BCUT2D eigenvalue weighted by Crippen LogP contribution is 2.31. The number of piperazine rings is 1. The Morgan fingerprint density at radius 3 is 2.71 bits per heavy atom. The minimum Gasteiger partial charge on any atom is -0.444 e. The molecule has 1 aliphatic heterocycles. The van der Waals surface area contributed by atoms with E-state index in [9.17, 15) is 18.0 Å². The van der Waals surface area contributed by atoms with Crippen molar-refractivity contribution in [1.82, 2.24) is 15.2 Å². The lowest BCUT2D eigenvalue weighted by Crippen LogP contribution is -2.57. The first-order chi connectivity index (χ1) is 12.9. The van der Waals surface area contributed by atoms with E-state index < -0.39 is 23.4 Å². The number of carbonyl (C=O) groups is 1. The van der Waals surface area contributed by atoms with Gasteiger partial charge in [-0.2, -0.15) is 13.2 Å². The fourth-order valence-electron chi connectivity index (χ4n) is 2.67. The van der Waals surface area contributed by atoms with Crippen LogP contribution in [0.25, 0.3) is 0 Å². The molecule has 0 saturated carbocycles. The Bertz CT molecular complexity index is 695. The van der Waals surface area contributed by atoms with Crippen LogP contribution in [0.3, 0.4) is 0 Å². The summed E-state index contributed by atoms with van der Waals surface area (Å²) in [6.45, 7) is 8.47. The predicted octanol–water partition coefficient (Wildman–Crippen LogP) is 3.87. The summed E-state index contributed by atoms with van der Waals surface area (Å²) >= 11 is 5.90. The standard InChI is InChI=1S/C18H25ClF3N3O3/c1-11(14-9-25(6-5-23-14)16(26)28-17(2,3)4)27-10-12-7-13(18(20,21)22)8-24-15(12)19/h7-8,11,14,23H,5-6,9-10H2,1-4H3/t11-,14-/m1/s1. The van der Waals surface area contributed by atoms with E-state index in [1.807, 2.05) is 0 Å². The number of nitrogens with one attached hydrogen (secondary N) is 1. The number of hydrogen-bond acceptors (Lipinski definition) is 5. The molecule has 0 radical (unpaired) electrons. The number of hydrogen-bond donors (Lipinski definition) is 1. The number of rotatable bonds is 4. The fourth-order valence-corrected chi connectivity index (χ4v) is 2.83. The lowest BCUT2D eigenvalue weighted by molar-refractivity contribution is -0.137. The molecule has 10 heteroatoms. The van der Waals surface area contributed by atoms with Gasteiger partial charge in [0.1, 0.15) is 10.8 Å². The van der Waals surface area contributed by atoms with Crippen molar-refractivity contribution in [2.75, 3.05) is 19.6 Å². The zero-order chi connectivity index (χ0) is 21.1. The maximum absolute atomic E-state index is 12.8. The van der Waals surface area contributed by atoms with Gasteiger partial charge in [-0.15, -0.1) is 0 Å². The molecular formula is C18H25ClF3N3O3. The van der Waals surface area contributed by atoms with Crippen molar-refractivity contribution >= 4 is 17.7 Å². The molecule has 158 valence electrons. The van der Waals surface area contributed by atoms with E-state index in [0.29, 0.717) is 25.8 Å². The number of carbonyl (C=O) groups excluding carboxylic acids is 1. The Kier molecular flexibility index (Phi) is 7.17. The average molecular weight is 424 g/mol. The van der Waals surface area contributed by atoms with Gasteiger partial charge in [-0.05, 0) is 33.8 Å². The van der Waals surface area contributed by atoms with Gasteiger partial charge in [0.2, 0.25) is 0 Å². The molecule has 1 aromatic heterocycles. The second-order valence-corrected chi connectivity index (χ2v) is 8.03. The Morgan fingerprint density at radius 1 is 1.43 bits per heavy atom. The van der Waals surface area contributed by atoms with Crippen LogP contribution in [0.2, 0.25) is 5.15 Å². The number of amides is 1. The van der Waals surface area contributed by atoms with E-state index in [2.05, 4.69) is 10.3 Å². The summed E-state index contributed by atoms with van der Waals surface area (Å²) in [4.78, 5) is 17.4. The zero-order valence-electron chi connectivity index (χ0n) is 16.3. The molecule has 2 heterocycles. The lowest BCUT2D eigenvalue weighted by atomic mass is 10.1. The van der Waals surface area contributed by atoms with Crippen molar-refractivity contribution in [3.8, 4) is 0 Å². The van der Waals surface area contributed by atoms with Crippen molar-refractivity contribution < 1.29 is 27.4 Å². The van der Waals surface area contributed by atoms with E-state index in [1.54, 1.807) is 32.6 Å². The summed E-state index contributed by atoms with van der Waals surface area (Å²) in [5, 5.41) is 3.22. The maximum Gasteiger partial charge on any atom is 0.417 e. The minimum atomic E-state index is -4.50. The molecule has 1 N–H and O–H groups in total. The first-order valence-corrected chi connectivity index (χ1v) is 9.29. The molecule has 1 aliphatic rings. The summed E-state index contributed by atoms with van der Waals surface area (Å²) < 4.78 is 49.6. The summed E-state index contributed by atoms with van der Waals surface area (Å²) in [7, 11) is 0. The van der Waals surface area contributed by atoms with Gasteiger partial charge in [0, 0.05) is 31.4 Å². The van der Waals surface area contributed by atoms with E-state index in [4.69, 9.17) is 21.1 Å². The van der Waals surface area contributed by atoms with Crippen LogP contribution in [-0.2, 0) is 22.3 Å². The highest BCUT2D eigenvalue weighted by Gasteiger charge is 2.32. The molecular weight excluding hydrogens is 399 g/mol. The number of pyridine rings is 1. The minimum absolute atomic E-state index is 0.0350. The molecule has 6 nitrogen and oxygen atoms in total. The summed E-state index contributed by atoms with van der Waals surface area (Å²) in [5.74, 6) is 0. The summed E-state index contributed by atoms with van der Waals surface area (Å²) in [6, 6.07) is 0.738. The maximum atomic E-state index is 12.8. The second-order valence-electron chi connectivity index (χ2n) is 7.67. The fraction of sp³-hybridized carbons (Fsp3) is 0.667. The topological polar surface area (TPSA) is 63.7 Å². The molecule has 1 amide bonds. The predicted molar refractivity (Wildman–Crippen MR) is 98.1 cm³/mol. The van der Waals surface area contributed by atoms with Crippen LogP contribution in [0.15, 0.2) is 12.3 Å². The molecule has 1 aromatic rings. The zero-order valence-corrected chi connectivity index (χ0v) is 17.0. The van der Waals surface area contributed by atoms with Crippen molar-refractivity contribution in [1.29, 1.82) is 0 Å². The van der Waals surface area contributed by atoms with Crippen molar-refractivity contribution in [3.05, 3.63) is 28.5 Å². The van der Waals surface area contributed by atoms with Crippen LogP contribution in [-0.4, -0.2) is 53.4 Å². The van der Waals surface area contributed by atoms with Gasteiger partial charge in [0.25, 0.3) is 0 Å². The highest BCUT2D eigenvalue weighted by molar-refractivity contribution is 6.30. The molecule has 28 heavy (non-hydrogen) atoms. The molecule has 0 bridgehead atoms. The monoisotopic (exact) mass is 423 g/mol. The van der Waals surface area contributed by atoms with Gasteiger partial charge in [-0.1, -0.05) is 11.6 Å². The molecule has 2 rings (SSSR count). The normalized spacial score (nSPS) is 19.4. The highest BCUT2D eigenvalue weighted by atomic mass is 35.5. The number of halogens is 4. The van der Waals surface area contributed by atoms with E-state index in [-0.39, 0.29) is 29.5 Å². The smallest absolute Gasteiger partial charge is 0.417 e. The third kappa shape index (κ3) is 6.49. The average Bonchev–Trinajstić information content (AvgIpc) is 2.58. The van der Waals surface area contributed by atoms with E-state index >= 15 is 0 Å². The third-order valence-electron chi connectivity index (χ3n) is 4.16. The lowest BCUT2D eigenvalue weighted by Gasteiger charge is -2.37. The van der Waals surface area contributed by atoms with Gasteiger partial charge >= 0.3 is 12.3 Å². The molecule has 0 unspecified atom stereocenters.